The molecular formula is C14H23NO4S. The fraction of sp³-hybridized carbons (Fsp3) is 0.571. The molecule has 5 nitrogen and oxygen atoms in total. The molecule has 1 aromatic rings. The third-order valence-electron chi connectivity index (χ3n) is 2.91. The molecule has 0 aliphatic rings. The summed E-state index contributed by atoms with van der Waals surface area (Å²) in [6, 6.07) is 4.61. The standard InChI is InChI=1S/C14H23NO4S/c1-10(2)13-8-12(6-7-14(13)19-5)20(16,17)15-11(3)9-18-4/h6-8,10-11,15H,9H2,1-5H3/t11-/m0/s1. The lowest BCUT2D eigenvalue weighted by Crippen LogP contribution is -2.35. The van der Waals surface area contributed by atoms with Crippen molar-refractivity contribution in [1.82, 2.24) is 4.72 Å². The zero-order valence-corrected chi connectivity index (χ0v) is 13.5. The highest BCUT2D eigenvalue weighted by Crippen LogP contribution is 2.28. The van der Waals surface area contributed by atoms with Crippen LogP contribution in [0.15, 0.2) is 23.1 Å². The molecule has 0 unspecified atom stereocenters. The van der Waals surface area contributed by atoms with Crippen molar-refractivity contribution >= 4 is 10.0 Å². The third kappa shape index (κ3) is 4.19. The van der Waals surface area contributed by atoms with Gasteiger partial charge in [0.1, 0.15) is 5.75 Å². The van der Waals surface area contributed by atoms with Gasteiger partial charge >= 0.3 is 0 Å². The van der Waals surface area contributed by atoms with E-state index in [1.54, 1.807) is 32.2 Å². The molecule has 0 radical (unpaired) electrons. The highest BCUT2D eigenvalue weighted by Gasteiger charge is 2.19. The van der Waals surface area contributed by atoms with Crippen molar-refractivity contribution in [2.24, 2.45) is 0 Å². The predicted octanol–water partition coefficient (Wildman–Crippen LogP) is 2.13. The van der Waals surface area contributed by atoms with Gasteiger partial charge in [0.25, 0.3) is 0 Å². The second-order valence-electron chi connectivity index (χ2n) is 5.04. The highest BCUT2D eigenvalue weighted by atomic mass is 32.2. The van der Waals surface area contributed by atoms with E-state index in [1.165, 1.54) is 7.11 Å². The summed E-state index contributed by atoms with van der Waals surface area (Å²) in [4.78, 5) is 0.241. The number of rotatable bonds is 7. The molecule has 114 valence electrons. The quantitative estimate of drug-likeness (QED) is 0.838. The van der Waals surface area contributed by atoms with E-state index in [0.717, 1.165) is 5.56 Å². The summed E-state index contributed by atoms with van der Waals surface area (Å²) in [6.45, 7) is 6.07. The average molecular weight is 301 g/mol. The van der Waals surface area contributed by atoms with Crippen LogP contribution in [0, 0.1) is 0 Å². The van der Waals surface area contributed by atoms with Crippen LogP contribution >= 0.6 is 0 Å². The van der Waals surface area contributed by atoms with Crippen LogP contribution in [-0.4, -0.2) is 35.3 Å². The van der Waals surface area contributed by atoms with E-state index in [1.807, 2.05) is 13.8 Å². The van der Waals surface area contributed by atoms with Crippen LogP contribution in [0.4, 0.5) is 0 Å². The van der Waals surface area contributed by atoms with Gasteiger partial charge in [0, 0.05) is 13.2 Å². The van der Waals surface area contributed by atoms with Gasteiger partial charge in [0.05, 0.1) is 18.6 Å². The van der Waals surface area contributed by atoms with Gasteiger partial charge in [-0.15, -0.1) is 0 Å². The van der Waals surface area contributed by atoms with E-state index in [0.29, 0.717) is 12.4 Å². The van der Waals surface area contributed by atoms with E-state index < -0.39 is 10.0 Å². The van der Waals surface area contributed by atoms with Crippen molar-refractivity contribution in [2.75, 3.05) is 20.8 Å². The van der Waals surface area contributed by atoms with E-state index in [4.69, 9.17) is 9.47 Å². The zero-order valence-electron chi connectivity index (χ0n) is 12.6. The van der Waals surface area contributed by atoms with Crippen molar-refractivity contribution in [2.45, 2.75) is 37.6 Å². The van der Waals surface area contributed by atoms with Crippen LogP contribution in [0.3, 0.4) is 0 Å². The Hall–Kier alpha value is -1.11. The second-order valence-corrected chi connectivity index (χ2v) is 6.75. The van der Waals surface area contributed by atoms with E-state index in [-0.39, 0.29) is 16.9 Å². The molecule has 0 bridgehead atoms. The summed E-state index contributed by atoms with van der Waals surface area (Å²) in [5.41, 5.74) is 0.870. The number of benzene rings is 1. The maximum atomic E-state index is 12.3. The first kappa shape index (κ1) is 16.9. The van der Waals surface area contributed by atoms with Crippen LogP contribution in [0.2, 0.25) is 0 Å². The zero-order chi connectivity index (χ0) is 15.3. The molecule has 0 amide bonds. The number of hydrogen-bond acceptors (Lipinski definition) is 4. The van der Waals surface area contributed by atoms with Gasteiger partial charge in [-0.3, -0.25) is 0 Å². The summed E-state index contributed by atoms with van der Waals surface area (Å²) in [7, 11) is -0.434. The minimum atomic E-state index is -3.55. The second kappa shape index (κ2) is 7.06. The van der Waals surface area contributed by atoms with Gasteiger partial charge < -0.3 is 9.47 Å². The van der Waals surface area contributed by atoms with Gasteiger partial charge in [-0.05, 0) is 36.6 Å². The summed E-state index contributed by atoms with van der Waals surface area (Å²) in [5, 5.41) is 0. The van der Waals surface area contributed by atoms with Crippen molar-refractivity contribution in [3.05, 3.63) is 23.8 Å². The van der Waals surface area contributed by atoms with Crippen LogP contribution in [0.25, 0.3) is 0 Å². The molecule has 20 heavy (non-hydrogen) atoms. The largest absolute Gasteiger partial charge is 0.496 e. The Morgan fingerprint density at radius 2 is 1.85 bits per heavy atom. The van der Waals surface area contributed by atoms with Gasteiger partial charge in [-0.2, -0.15) is 0 Å². The van der Waals surface area contributed by atoms with Crippen molar-refractivity contribution in [3.63, 3.8) is 0 Å². The molecule has 0 fully saturated rings. The molecule has 0 saturated carbocycles. The van der Waals surface area contributed by atoms with Gasteiger partial charge in [-0.25, -0.2) is 13.1 Å². The predicted molar refractivity (Wildman–Crippen MR) is 78.7 cm³/mol. The van der Waals surface area contributed by atoms with Crippen LogP contribution in [0.1, 0.15) is 32.3 Å². The Morgan fingerprint density at radius 3 is 2.35 bits per heavy atom. The smallest absolute Gasteiger partial charge is 0.240 e. The minimum absolute atomic E-state index is 0.177. The molecule has 1 aromatic carbocycles. The lowest BCUT2D eigenvalue weighted by molar-refractivity contribution is 0.180. The SMILES string of the molecule is COC[C@H](C)NS(=O)(=O)c1ccc(OC)c(C(C)C)c1. The average Bonchev–Trinajstić information content (AvgIpc) is 2.37. The van der Waals surface area contributed by atoms with Crippen LogP contribution < -0.4 is 9.46 Å². The van der Waals surface area contributed by atoms with Crippen LogP contribution in [0.5, 0.6) is 5.75 Å². The monoisotopic (exact) mass is 301 g/mol. The maximum absolute atomic E-state index is 12.3. The summed E-state index contributed by atoms with van der Waals surface area (Å²) in [5.74, 6) is 0.875. The molecule has 6 heteroatoms. The Kier molecular flexibility index (Phi) is 5.98. The molecule has 0 aliphatic heterocycles. The van der Waals surface area contributed by atoms with Gasteiger partial charge in [-0.1, -0.05) is 13.8 Å². The Labute approximate surface area is 121 Å². The topological polar surface area (TPSA) is 64.6 Å². The number of hydrogen-bond donors (Lipinski definition) is 1. The highest BCUT2D eigenvalue weighted by molar-refractivity contribution is 7.89. The maximum Gasteiger partial charge on any atom is 0.240 e. The number of nitrogens with one attached hydrogen (secondary N) is 1. The number of methoxy groups -OCH3 is 2. The summed E-state index contributed by atoms with van der Waals surface area (Å²) >= 11 is 0. The first-order chi connectivity index (χ1) is 9.31. The Bertz CT molecular complexity index is 540. The van der Waals surface area contributed by atoms with E-state index in [2.05, 4.69) is 4.72 Å². The molecule has 1 N–H and O–H groups in total. The summed E-state index contributed by atoms with van der Waals surface area (Å²) in [6.07, 6.45) is 0. The molecule has 0 saturated heterocycles. The fourth-order valence-corrected chi connectivity index (χ4v) is 3.21. The number of ether oxygens (including phenoxy) is 2. The van der Waals surface area contributed by atoms with Crippen LogP contribution in [-0.2, 0) is 14.8 Å². The van der Waals surface area contributed by atoms with E-state index in [9.17, 15) is 8.42 Å². The van der Waals surface area contributed by atoms with Gasteiger partial charge in [0.2, 0.25) is 10.0 Å². The lowest BCUT2D eigenvalue weighted by atomic mass is 10.0. The lowest BCUT2D eigenvalue weighted by Gasteiger charge is -2.16. The molecule has 0 aromatic heterocycles. The number of sulfonamides is 1. The first-order valence-electron chi connectivity index (χ1n) is 6.51. The van der Waals surface area contributed by atoms with Crippen molar-refractivity contribution in [1.29, 1.82) is 0 Å². The third-order valence-corrected chi connectivity index (χ3v) is 4.49. The first-order valence-corrected chi connectivity index (χ1v) is 7.99. The van der Waals surface area contributed by atoms with Crippen molar-refractivity contribution in [3.8, 4) is 5.75 Å². The Balaban J connectivity index is 3.10. The molecule has 0 aliphatic carbocycles. The molecule has 1 atom stereocenters. The fourth-order valence-electron chi connectivity index (χ4n) is 1.95. The molecule has 0 spiro atoms. The molecular weight excluding hydrogens is 278 g/mol. The normalized spacial score (nSPS) is 13.5. The van der Waals surface area contributed by atoms with E-state index >= 15 is 0 Å². The Morgan fingerprint density at radius 1 is 1.20 bits per heavy atom. The van der Waals surface area contributed by atoms with Crippen molar-refractivity contribution < 1.29 is 17.9 Å². The molecule has 0 heterocycles. The minimum Gasteiger partial charge on any atom is -0.496 e. The summed E-state index contributed by atoms with van der Waals surface area (Å²) < 4.78 is 37.3. The molecule has 1 rings (SSSR count). The van der Waals surface area contributed by atoms with Gasteiger partial charge in [0.15, 0.2) is 0 Å².